The fraction of sp³-hybridized carbons (Fsp3) is 0.375. The maximum absolute atomic E-state index is 13.1. The SMILES string of the molecule is NC(=O)[C@@H]1CCCCN1C(=O)CSc1nn(-c2ccc(F)cc2)c(=S)s1. The number of primary amides is 1. The molecule has 0 spiro atoms. The topological polar surface area (TPSA) is 81.2 Å². The summed E-state index contributed by atoms with van der Waals surface area (Å²) in [5, 5.41) is 4.39. The van der Waals surface area contributed by atoms with Crippen molar-refractivity contribution >= 4 is 47.1 Å². The Morgan fingerprint density at radius 3 is 2.77 bits per heavy atom. The number of hydrogen-bond donors (Lipinski definition) is 1. The molecule has 6 nitrogen and oxygen atoms in total. The van der Waals surface area contributed by atoms with Crippen molar-refractivity contribution in [2.75, 3.05) is 12.3 Å². The molecule has 0 radical (unpaired) electrons. The molecule has 26 heavy (non-hydrogen) atoms. The molecule has 2 heterocycles. The zero-order valence-electron chi connectivity index (χ0n) is 13.8. The van der Waals surface area contributed by atoms with Crippen LogP contribution >= 0.6 is 35.3 Å². The van der Waals surface area contributed by atoms with Gasteiger partial charge in [0.15, 0.2) is 8.29 Å². The average Bonchev–Trinajstić information content (AvgIpc) is 3.01. The van der Waals surface area contributed by atoms with E-state index >= 15 is 0 Å². The number of halogens is 1. The molecule has 1 fully saturated rings. The first kappa shape index (κ1) is 19.0. The molecule has 3 rings (SSSR count). The standard InChI is InChI=1S/C16H17FN4O2S3/c17-10-4-6-11(7-5-10)21-16(24)26-15(19-21)25-9-13(22)20-8-2-1-3-12(20)14(18)23/h4-7,12H,1-3,8-9H2,(H2,18,23)/t12-/m0/s1. The van der Waals surface area contributed by atoms with Gasteiger partial charge in [0.05, 0.1) is 11.4 Å². The van der Waals surface area contributed by atoms with Crippen LogP contribution in [0.5, 0.6) is 0 Å². The van der Waals surface area contributed by atoms with Crippen LogP contribution in [0.25, 0.3) is 5.69 Å². The molecule has 1 aromatic heterocycles. The lowest BCUT2D eigenvalue weighted by Crippen LogP contribution is -2.51. The Morgan fingerprint density at radius 2 is 2.08 bits per heavy atom. The fourth-order valence-electron chi connectivity index (χ4n) is 2.80. The zero-order chi connectivity index (χ0) is 18.7. The molecule has 2 N–H and O–H groups in total. The maximum atomic E-state index is 13.1. The van der Waals surface area contributed by atoms with E-state index < -0.39 is 11.9 Å². The largest absolute Gasteiger partial charge is 0.368 e. The number of likely N-dealkylation sites (tertiary alicyclic amines) is 1. The third-order valence-electron chi connectivity index (χ3n) is 4.07. The van der Waals surface area contributed by atoms with E-state index in [4.69, 9.17) is 18.0 Å². The fourth-order valence-corrected chi connectivity index (χ4v) is 5.04. The number of aromatic nitrogens is 2. The van der Waals surface area contributed by atoms with Crippen molar-refractivity contribution in [1.29, 1.82) is 0 Å². The summed E-state index contributed by atoms with van der Waals surface area (Å²) in [5.41, 5.74) is 6.07. The summed E-state index contributed by atoms with van der Waals surface area (Å²) in [4.78, 5) is 25.6. The van der Waals surface area contributed by atoms with Crippen molar-refractivity contribution in [3.63, 3.8) is 0 Å². The van der Waals surface area contributed by atoms with Crippen LogP contribution in [0.1, 0.15) is 19.3 Å². The van der Waals surface area contributed by atoms with E-state index in [1.165, 1.54) is 35.2 Å². The van der Waals surface area contributed by atoms with Gasteiger partial charge in [-0.25, -0.2) is 9.07 Å². The lowest BCUT2D eigenvalue weighted by atomic mass is 10.0. The number of amides is 2. The summed E-state index contributed by atoms with van der Waals surface area (Å²) in [5.74, 6) is -0.761. The monoisotopic (exact) mass is 412 g/mol. The summed E-state index contributed by atoms with van der Waals surface area (Å²) in [7, 11) is 0. The summed E-state index contributed by atoms with van der Waals surface area (Å²) in [6.07, 6.45) is 2.39. The number of benzene rings is 1. The number of piperidine rings is 1. The summed E-state index contributed by atoms with van der Waals surface area (Å²) >= 11 is 7.85. The van der Waals surface area contributed by atoms with Gasteiger partial charge < -0.3 is 10.6 Å². The van der Waals surface area contributed by atoms with Crippen LogP contribution in [-0.4, -0.2) is 44.8 Å². The molecular weight excluding hydrogens is 395 g/mol. The Labute approximate surface area is 163 Å². The second-order valence-electron chi connectivity index (χ2n) is 5.81. The molecule has 1 aliphatic heterocycles. The van der Waals surface area contributed by atoms with E-state index in [1.807, 2.05) is 0 Å². The first-order valence-electron chi connectivity index (χ1n) is 8.03. The van der Waals surface area contributed by atoms with Crippen LogP contribution in [0.4, 0.5) is 4.39 Å². The highest BCUT2D eigenvalue weighted by atomic mass is 32.2. The van der Waals surface area contributed by atoms with Gasteiger partial charge in [0.25, 0.3) is 0 Å². The average molecular weight is 413 g/mol. The Balaban J connectivity index is 1.67. The summed E-state index contributed by atoms with van der Waals surface area (Å²) in [6, 6.07) is 5.35. The first-order chi connectivity index (χ1) is 12.5. The normalized spacial score (nSPS) is 17.3. The van der Waals surface area contributed by atoms with Crippen LogP contribution in [0, 0.1) is 9.77 Å². The van der Waals surface area contributed by atoms with Crippen LogP contribution in [0.15, 0.2) is 28.6 Å². The third kappa shape index (κ3) is 4.30. The molecule has 1 saturated heterocycles. The molecule has 0 bridgehead atoms. The van der Waals surface area contributed by atoms with Gasteiger partial charge in [-0.3, -0.25) is 9.59 Å². The van der Waals surface area contributed by atoms with Gasteiger partial charge in [-0.2, -0.15) is 0 Å². The molecule has 138 valence electrons. The van der Waals surface area contributed by atoms with E-state index in [1.54, 1.807) is 21.7 Å². The second kappa shape index (κ2) is 8.28. The van der Waals surface area contributed by atoms with Crippen LogP contribution < -0.4 is 5.73 Å². The maximum Gasteiger partial charge on any atom is 0.240 e. The van der Waals surface area contributed by atoms with Crippen molar-refractivity contribution in [3.05, 3.63) is 34.0 Å². The van der Waals surface area contributed by atoms with E-state index in [9.17, 15) is 14.0 Å². The van der Waals surface area contributed by atoms with Gasteiger partial charge in [0.2, 0.25) is 11.8 Å². The molecule has 1 aromatic carbocycles. The highest BCUT2D eigenvalue weighted by Crippen LogP contribution is 2.26. The smallest absolute Gasteiger partial charge is 0.240 e. The first-order valence-corrected chi connectivity index (χ1v) is 10.2. The van der Waals surface area contributed by atoms with Gasteiger partial charge in [-0.1, -0.05) is 23.1 Å². The molecule has 2 aromatic rings. The quantitative estimate of drug-likeness (QED) is 0.603. The number of nitrogens with zero attached hydrogens (tertiary/aromatic N) is 3. The number of thioether (sulfide) groups is 1. The minimum atomic E-state index is -0.521. The van der Waals surface area contributed by atoms with Gasteiger partial charge in [-0.05, 0) is 55.7 Å². The lowest BCUT2D eigenvalue weighted by Gasteiger charge is -2.33. The molecule has 2 amide bonds. The second-order valence-corrected chi connectivity index (χ2v) is 8.66. The minimum Gasteiger partial charge on any atom is -0.368 e. The van der Waals surface area contributed by atoms with Gasteiger partial charge in [0, 0.05) is 6.54 Å². The van der Waals surface area contributed by atoms with Crippen molar-refractivity contribution in [3.8, 4) is 5.69 Å². The third-order valence-corrected chi connectivity index (χ3v) is 6.42. The number of nitrogens with two attached hydrogens (primary N) is 1. The van der Waals surface area contributed by atoms with Crippen molar-refractivity contribution in [2.24, 2.45) is 5.73 Å². The Morgan fingerprint density at radius 1 is 1.35 bits per heavy atom. The van der Waals surface area contributed by atoms with Crippen LogP contribution in [-0.2, 0) is 9.59 Å². The molecule has 0 saturated carbocycles. The number of carbonyl (C=O) groups excluding carboxylic acids is 2. The highest BCUT2D eigenvalue weighted by Gasteiger charge is 2.30. The van der Waals surface area contributed by atoms with E-state index in [2.05, 4.69) is 5.10 Å². The summed E-state index contributed by atoms with van der Waals surface area (Å²) < 4.78 is 15.7. The molecule has 1 atom stereocenters. The zero-order valence-corrected chi connectivity index (χ0v) is 16.2. The number of rotatable bonds is 5. The van der Waals surface area contributed by atoms with Crippen LogP contribution in [0.3, 0.4) is 0 Å². The number of carbonyl (C=O) groups is 2. The molecular formula is C16H17FN4O2S3. The summed E-state index contributed by atoms with van der Waals surface area (Å²) in [6.45, 7) is 0.548. The van der Waals surface area contributed by atoms with E-state index in [0.717, 1.165) is 12.8 Å². The van der Waals surface area contributed by atoms with Crippen molar-refractivity contribution in [1.82, 2.24) is 14.7 Å². The minimum absolute atomic E-state index is 0.132. The van der Waals surface area contributed by atoms with Gasteiger partial charge in [0.1, 0.15) is 11.9 Å². The molecule has 1 aliphatic rings. The van der Waals surface area contributed by atoms with Gasteiger partial charge >= 0.3 is 0 Å². The van der Waals surface area contributed by atoms with E-state index in [-0.39, 0.29) is 17.5 Å². The highest BCUT2D eigenvalue weighted by molar-refractivity contribution is 8.01. The van der Waals surface area contributed by atoms with Gasteiger partial charge in [-0.15, -0.1) is 5.10 Å². The Bertz CT molecular complexity index is 865. The Hall–Kier alpha value is -1.78. The molecule has 0 aliphatic carbocycles. The van der Waals surface area contributed by atoms with Crippen molar-refractivity contribution < 1.29 is 14.0 Å². The molecule has 0 unspecified atom stereocenters. The predicted octanol–water partition coefficient (Wildman–Crippen LogP) is 2.76. The predicted molar refractivity (Wildman–Crippen MR) is 102 cm³/mol. The Kier molecular flexibility index (Phi) is 6.05. The number of hydrogen-bond acceptors (Lipinski definition) is 6. The van der Waals surface area contributed by atoms with Crippen LogP contribution in [0.2, 0.25) is 0 Å². The lowest BCUT2D eigenvalue weighted by molar-refractivity contribution is -0.138. The van der Waals surface area contributed by atoms with Crippen molar-refractivity contribution in [2.45, 2.75) is 29.6 Å². The molecule has 10 heteroatoms. The van der Waals surface area contributed by atoms with E-state index in [0.29, 0.717) is 26.9 Å².